The summed E-state index contributed by atoms with van der Waals surface area (Å²) in [5.74, 6) is 0.253. The van der Waals surface area contributed by atoms with Crippen LogP contribution < -0.4 is 11.2 Å². The predicted octanol–water partition coefficient (Wildman–Crippen LogP) is 3.92. The van der Waals surface area contributed by atoms with Crippen molar-refractivity contribution in [2.75, 3.05) is 0 Å². The van der Waals surface area contributed by atoms with E-state index in [2.05, 4.69) is 4.98 Å². The minimum absolute atomic E-state index is 0.165. The van der Waals surface area contributed by atoms with Crippen molar-refractivity contribution < 1.29 is 13.2 Å². The summed E-state index contributed by atoms with van der Waals surface area (Å²) in [6, 6.07) is 14.2. The third-order valence-electron chi connectivity index (χ3n) is 6.02. The van der Waals surface area contributed by atoms with Gasteiger partial charge in [-0.2, -0.15) is 18.2 Å². The maximum atomic E-state index is 13.5. The van der Waals surface area contributed by atoms with Crippen molar-refractivity contribution in [3.05, 3.63) is 86.7 Å². The highest BCUT2D eigenvalue weighted by Gasteiger charge is 2.32. The van der Waals surface area contributed by atoms with Gasteiger partial charge in [-0.1, -0.05) is 43.3 Å². The first-order chi connectivity index (χ1) is 16.1. The zero-order chi connectivity index (χ0) is 24.4. The molecule has 3 aromatic heterocycles. The van der Waals surface area contributed by atoms with Gasteiger partial charge in [-0.15, -0.1) is 0 Å². The van der Waals surface area contributed by atoms with E-state index in [0.717, 1.165) is 22.3 Å². The topological polar surface area (TPSA) is 66.2 Å². The number of alkyl halides is 3. The Morgan fingerprint density at radius 2 is 1.65 bits per heavy atom. The van der Waals surface area contributed by atoms with Crippen LogP contribution in [0, 0.1) is 0 Å². The summed E-state index contributed by atoms with van der Waals surface area (Å²) >= 11 is 0. The monoisotopic (exact) mass is 467 g/mol. The van der Waals surface area contributed by atoms with Gasteiger partial charge in [-0.25, -0.2) is 4.79 Å². The summed E-state index contributed by atoms with van der Waals surface area (Å²) in [5, 5.41) is 0. The Morgan fingerprint density at radius 3 is 2.29 bits per heavy atom. The Hall–Kier alpha value is -4.08. The molecule has 0 unspecified atom stereocenters. The van der Waals surface area contributed by atoms with Gasteiger partial charge in [0.15, 0.2) is 11.2 Å². The maximum Gasteiger partial charge on any atom is 0.416 e. The van der Waals surface area contributed by atoms with E-state index in [1.807, 2.05) is 37.3 Å². The van der Waals surface area contributed by atoms with E-state index in [9.17, 15) is 22.8 Å². The van der Waals surface area contributed by atoms with Crippen molar-refractivity contribution in [3.63, 3.8) is 0 Å². The number of hydrogen-bond donors (Lipinski definition) is 0. The molecule has 3 heterocycles. The molecule has 0 N–H and O–H groups in total. The van der Waals surface area contributed by atoms with Gasteiger partial charge in [0, 0.05) is 25.3 Å². The van der Waals surface area contributed by atoms with E-state index in [4.69, 9.17) is 0 Å². The molecule has 5 rings (SSSR count). The van der Waals surface area contributed by atoms with Crippen molar-refractivity contribution in [3.8, 4) is 16.9 Å². The lowest BCUT2D eigenvalue weighted by molar-refractivity contribution is -0.137. The fourth-order valence-electron chi connectivity index (χ4n) is 4.41. The van der Waals surface area contributed by atoms with Gasteiger partial charge in [-0.05, 0) is 24.6 Å². The molecular weight excluding hydrogens is 447 g/mol. The molecule has 0 bridgehead atoms. The summed E-state index contributed by atoms with van der Waals surface area (Å²) in [7, 11) is 2.89. The highest BCUT2D eigenvalue weighted by atomic mass is 19.4. The molecule has 0 fully saturated rings. The lowest BCUT2D eigenvalue weighted by Gasteiger charge is -2.13. The van der Waals surface area contributed by atoms with Crippen LogP contribution in [0.15, 0.2) is 64.2 Å². The number of benzene rings is 2. The van der Waals surface area contributed by atoms with Gasteiger partial charge in [0.25, 0.3) is 5.56 Å². The van der Waals surface area contributed by atoms with Crippen LogP contribution in [0.3, 0.4) is 0 Å². The molecule has 0 spiro atoms. The van der Waals surface area contributed by atoms with Gasteiger partial charge in [0.2, 0.25) is 5.78 Å². The average Bonchev–Trinajstić information content (AvgIpc) is 3.36. The Kier molecular flexibility index (Phi) is 4.78. The van der Waals surface area contributed by atoms with Crippen molar-refractivity contribution in [2.24, 2.45) is 14.1 Å². The maximum absolute atomic E-state index is 13.5. The number of imidazole rings is 2. The highest BCUT2D eigenvalue weighted by molar-refractivity contribution is 5.81. The summed E-state index contributed by atoms with van der Waals surface area (Å²) in [6.07, 6.45) is -4.07. The van der Waals surface area contributed by atoms with Gasteiger partial charge in [0.1, 0.15) is 0 Å². The fraction of sp³-hybridized carbons (Fsp3) is 0.208. The number of hydrogen-bond acceptors (Lipinski definition) is 3. The second-order valence-corrected chi connectivity index (χ2v) is 8.02. The lowest BCUT2D eigenvalue weighted by atomic mass is 10.1. The van der Waals surface area contributed by atoms with Crippen molar-refractivity contribution in [2.45, 2.75) is 19.5 Å². The van der Waals surface area contributed by atoms with Crippen molar-refractivity contribution in [1.82, 2.24) is 23.1 Å². The Balaban J connectivity index is 2.03. The van der Waals surface area contributed by atoms with Gasteiger partial charge in [0.05, 0.1) is 17.0 Å². The lowest BCUT2D eigenvalue weighted by Crippen LogP contribution is -2.37. The van der Waals surface area contributed by atoms with Gasteiger partial charge >= 0.3 is 11.9 Å². The summed E-state index contributed by atoms with van der Waals surface area (Å²) in [5.41, 5.74) is 0.823. The molecule has 34 heavy (non-hydrogen) atoms. The molecule has 0 atom stereocenters. The normalized spacial score (nSPS) is 12.2. The first kappa shape index (κ1) is 21.7. The van der Waals surface area contributed by atoms with Crippen LogP contribution in [0.1, 0.15) is 18.2 Å². The van der Waals surface area contributed by atoms with Crippen LogP contribution in [-0.4, -0.2) is 23.1 Å². The minimum atomic E-state index is -4.53. The SMILES string of the molecule is CCc1c(-c2ccccc2)n(-c2cccc(C(F)(F)F)c2)c2nc3c(c(=O)n(C)c(=O)n3C)n12. The number of aromatic nitrogens is 5. The molecule has 0 saturated heterocycles. The van der Waals surface area contributed by atoms with Crippen molar-refractivity contribution in [1.29, 1.82) is 0 Å². The first-order valence-corrected chi connectivity index (χ1v) is 10.6. The number of rotatable bonds is 3. The predicted molar refractivity (Wildman–Crippen MR) is 122 cm³/mol. The smallest absolute Gasteiger partial charge is 0.279 e. The highest BCUT2D eigenvalue weighted by Crippen LogP contribution is 2.36. The molecule has 0 aliphatic carbocycles. The van der Waals surface area contributed by atoms with E-state index >= 15 is 0 Å². The number of nitrogens with zero attached hydrogens (tertiary/aromatic N) is 5. The summed E-state index contributed by atoms with van der Waals surface area (Å²) < 4.78 is 46.2. The first-order valence-electron chi connectivity index (χ1n) is 10.6. The standard InChI is InChI=1S/C24H20F3N5O2/c1-4-17-18(14-9-6-5-7-10-14)31(16-12-8-11-15(13-16)24(25,26)27)22-28-20-19(32(17)22)21(33)30(3)23(34)29(20)2/h5-13H,4H2,1-3H3. The summed E-state index contributed by atoms with van der Waals surface area (Å²) in [6.45, 7) is 1.90. The Morgan fingerprint density at radius 1 is 0.941 bits per heavy atom. The van der Waals surface area contributed by atoms with Crippen LogP contribution in [0.25, 0.3) is 33.9 Å². The summed E-state index contributed by atoms with van der Waals surface area (Å²) in [4.78, 5) is 30.2. The fourth-order valence-corrected chi connectivity index (χ4v) is 4.41. The molecule has 2 aromatic carbocycles. The molecule has 10 heteroatoms. The van der Waals surface area contributed by atoms with E-state index < -0.39 is 23.0 Å². The van der Waals surface area contributed by atoms with Gasteiger partial charge in [-0.3, -0.25) is 22.9 Å². The molecule has 0 aliphatic heterocycles. The van der Waals surface area contributed by atoms with Crippen LogP contribution in [0.4, 0.5) is 13.2 Å². The zero-order valence-electron chi connectivity index (χ0n) is 18.6. The molecule has 0 saturated carbocycles. The van der Waals surface area contributed by atoms with Crippen LogP contribution in [0.5, 0.6) is 0 Å². The van der Waals surface area contributed by atoms with E-state index in [1.165, 1.54) is 24.7 Å². The van der Waals surface area contributed by atoms with Crippen molar-refractivity contribution >= 4 is 16.9 Å². The average molecular weight is 467 g/mol. The Labute approximate surface area is 190 Å². The zero-order valence-corrected chi connectivity index (χ0v) is 18.6. The number of aryl methyl sites for hydroxylation is 2. The quantitative estimate of drug-likeness (QED) is 0.404. The number of fused-ring (bicyclic) bond motifs is 3. The largest absolute Gasteiger partial charge is 0.416 e. The molecule has 174 valence electrons. The molecule has 0 aliphatic rings. The third kappa shape index (κ3) is 3.01. The second kappa shape index (κ2) is 7.47. The second-order valence-electron chi connectivity index (χ2n) is 8.02. The molecular formula is C24H20F3N5O2. The van der Waals surface area contributed by atoms with E-state index in [1.54, 1.807) is 15.0 Å². The molecule has 5 aromatic rings. The minimum Gasteiger partial charge on any atom is -0.279 e. The van der Waals surface area contributed by atoms with E-state index in [0.29, 0.717) is 17.8 Å². The van der Waals surface area contributed by atoms with Crippen LogP contribution >= 0.6 is 0 Å². The molecule has 0 radical (unpaired) electrons. The van der Waals surface area contributed by atoms with Crippen LogP contribution in [0.2, 0.25) is 0 Å². The number of halogens is 3. The van der Waals surface area contributed by atoms with Crippen LogP contribution in [-0.2, 0) is 26.7 Å². The Bertz CT molecular complexity index is 1690. The third-order valence-corrected chi connectivity index (χ3v) is 6.02. The molecule has 0 amide bonds. The van der Waals surface area contributed by atoms with E-state index in [-0.39, 0.29) is 22.6 Å². The van der Waals surface area contributed by atoms with Gasteiger partial charge < -0.3 is 0 Å². The molecule has 7 nitrogen and oxygen atoms in total.